The summed E-state index contributed by atoms with van der Waals surface area (Å²) in [7, 11) is 0. The highest BCUT2D eigenvalue weighted by Gasteiger charge is 2.30. The SMILES string of the molecule is c1ccc(CO[C@@H]2CCC[C@H]2Nc2nc(-c3cccnc3)nc3c2CNC3)cc1. The minimum atomic E-state index is 0.192. The predicted molar refractivity (Wildman–Crippen MR) is 112 cm³/mol. The summed E-state index contributed by atoms with van der Waals surface area (Å²) in [6.45, 7) is 2.22. The standard InChI is InChI=1S/C23H25N5O/c1-2-6-16(7-3-1)15-29-21-10-4-9-19(21)26-23-18-13-25-14-20(18)27-22(28-23)17-8-5-11-24-12-17/h1-3,5-8,11-12,19,21,25H,4,9-10,13-15H2,(H,26,27,28)/t19-,21-/m1/s1. The van der Waals surface area contributed by atoms with Crippen molar-refractivity contribution in [2.45, 2.75) is 51.1 Å². The van der Waals surface area contributed by atoms with Crippen LogP contribution in [-0.4, -0.2) is 27.1 Å². The van der Waals surface area contributed by atoms with Crippen molar-refractivity contribution in [2.24, 2.45) is 0 Å². The number of hydrogen-bond acceptors (Lipinski definition) is 6. The summed E-state index contributed by atoms with van der Waals surface area (Å²) in [4.78, 5) is 13.9. The molecule has 2 atom stereocenters. The molecule has 0 spiro atoms. The molecule has 1 saturated carbocycles. The Hall–Kier alpha value is -2.83. The van der Waals surface area contributed by atoms with Gasteiger partial charge in [0.15, 0.2) is 5.82 Å². The van der Waals surface area contributed by atoms with E-state index in [9.17, 15) is 0 Å². The highest BCUT2D eigenvalue weighted by Crippen LogP contribution is 2.30. The van der Waals surface area contributed by atoms with Gasteiger partial charge in [0.2, 0.25) is 0 Å². The largest absolute Gasteiger partial charge is 0.371 e. The third-order valence-corrected chi connectivity index (χ3v) is 5.69. The normalized spacial score (nSPS) is 20.6. The first-order valence-corrected chi connectivity index (χ1v) is 10.3. The first-order valence-electron chi connectivity index (χ1n) is 10.3. The van der Waals surface area contributed by atoms with Crippen LogP contribution < -0.4 is 10.6 Å². The number of nitrogens with one attached hydrogen (secondary N) is 2. The number of nitrogens with zero attached hydrogens (tertiary/aromatic N) is 3. The summed E-state index contributed by atoms with van der Waals surface area (Å²) in [6.07, 6.45) is 7.11. The molecule has 2 aromatic heterocycles. The molecular weight excluding hydrogens is 362 g/mol. The molecule has 5 rings (SSSR count). The zero-order valence-corrected chi connectivity index (χ0v) is 16.3. The number of rotatable bonds is 6. The van der Waals surface area contributed by atoms with Crippen LogP contribution >= 0.6 is 0 Å². The third-order valence-electron chi connectivity index (χ3n) is 5.69. The molecule has 3 aromatic rings. The van der Waals surface area contributed by atoms with Gasteiger partial charge in [-0.1, -0.05) is 30.3 Å². The van der Waals surface area contributed by atoms with E-state index >= 15 is 0 Å². The van der Waals surface area contributed by atoms with Crippen LogP contribution in [0, 0.1) is 0 Å². The van der Waals surface area contributed by atoms with Crippen LogP contribution in [0.5, 0.6) is 0 Å². The van der Waals surface area contributed by atoms with E-state index in [0.29, 0.717) is 6.61 Å². The molecule has 148 valence electrons. The van der Waals surface area contributed by atoms with Crippen molar-refractivity contribution in [3.05, 3.63) is 71.7 Å². The molecule has 3 heterocycles. The van der Waals surface area contributed by atoms with Crippen LogP contribution in [0.3, 0.4) is 0 Å². The molecular formula is C23H25N5O. The Labute approximate surface area is 170 Å². The van der Waals surface area contributed by atoms with Gasteiger partial charge in [-0.2, -0.15) is 0 Å². The van der Waals surface area contributed by atoms with Gasteiger partial charge in [0.25, 0.3) is 0 Å². The van der Waals surface area contributed by atoms with E-state index in [1.165, 1.54) is 11.1 Å². The van der Waals surface area contributed by atoms with Crippen LogP contribution in [0.4, 0.5) is 5.82 Å². The van der Waals surface area contributed by atoms with Crippen LogP contribution in [0.2, 0.25) is 0 Å². The van der Waals surface area contributed by atoms with Gasteiger partial charge in [0, 0.05) is 36.6 Å². The summed E-state index contributed by atoms with van der Waals surface area (Å²) < 4.78 is 6.28. The molecule has 29 heavy (non-hydrogen) atoms. The lowest BCUT2D eigenvalue weighted by Crippen LogP contribution is -2.31. The molecule has 0 radical (unpaired) electrons. The summed E-state index contributed by atoms with van der Waals surface area (Å²) in [5, 5.41) is 7.10. The van der Waals surface area contributed by atoms with Gasteiger partial charge in [0.05, 0.1) is 24.4 Å². The fourth-order valence-electron chi connectivity index (χ4n) is 4.16. The predicted octanol–water partition coefficient (Wildman–Crippen LogP) is 3.69. The first kappa shape index (κ1) is 18.2. The Morgan fingerprint density at radius 3 is 2.83 bits per heavy atom. The number of fused-ring (bicyclic) bond motifs is 1. The lowest BCUT2D eigenvalue weighted by molar-refractivity contribution is 0.0394. The van der Waals surface area contributed by atoms with Crippen molar-refractivity contribution in [1.82, 2.24) is 20.3 Å². The zero-order chi connectivity index (χ0) is 19.5. The molecule has 1 fully saturated rings. The average Bonchev–Trinajstić information content (AvgIpc) is 3.43. The number of pyridine rings is 1. The molecule has 2 aliphatic rings. The lowest BCUT2D eigenvalue weighted by atomic mass is 10.1. The maximum Gasteiger partial charge on any atom is 0.163 e. The number of ether oxygens (including phenoxy) is 1. The molecule has 0 bridgehead atoms. The first-order chi connectivity index (χ1) is 14.4. The Morgan fingerprint density at radius 2 is 1.97 bits per heavy atom. The smallest absolute Gasteiger partial charge is 0.163 e. The molecule has 0 amide bonds. The topological polar surface area (TPSA) is 72.0 Å². The van der Waals surface area contributed by atoms with E-state index < -0.39 is 0 Å². The van der Waals surface area contributed by atoms with Gasteiger partial charge in [-0.25, -0.2) is 9.97 Å². The average molecular weight is 387 g/mol. The minimum absolute atomic E-state index is 0.192. The molecule has 0 saturated heterocycles. The lowest BCUT2D eigenvalue weighted by Gasteiger charge is -2.23. The Morgan fingerprint density at radius 1 is 1.03 bits per heavy atom. The Bertz CT molecular complexity index is 964. The molecule has 6 heteroatoms. The van der Waals surface area contributed by atoms with E-state index in [-0.39, 0.29) is 12.1 Å². The minimum Gasteiger partial charge on any atom is -0.371 e. The second-order valence-corrected chi connectivity index (χ2v) is 7.68. The Kier molecular flexibility index (Phi) is 5.19. The molecule has 1 aromatic carbocycles. The highest BCUT2D eigenvalue weighted by molar-refractivity contribution is 5.60. The molecule has 6 nitrogen and oxygen atoms in total. The van der Waals surface area contributed by atoms with Crippen LogP contribution in [0.15, 0.2) is 54.9 Å². The monoisotopic (exact) mass is 387 g/mol. The van der Waals surface area contributed by atoms with E-state index in [1.54, 1.807) is 6.20 Å². The second-order valence-electron chi connectivity index (χ2n) is 7.68. The van der Waals surface area contributed by atoms with Crippen molar-refractivity contribution >= 4 is 5.82 Å². The van der Waals surface area contributed by atoms with Gasteiger partial charge in [0.1, 0.15) is 5.82 Å². The van der Waals surface area contributed by atoms with Crippen LogP contribution in [-0.2, 0) is 24.4 Å². The van der Waals surface area contributed by atoms with E-state index in [4.69, 9.17) is 14.7 Å². The van der Waals surface area contributed by atoms with Crippen molar-refractivity contribution in [3.8, 4) is 11.4 Å². The molecule has 1 aliphatic heterocycles. The molecule has 0 unspecified atom stereocenters. The van der Waals surface area contributed by atoms with Crippen LogP contribution in [0.25, 0.3) is 11.4 Å². The summed E-state index contributed by atoms with van der Waals surface area (Å²) in [5.41, 5.74) is 4.39. The van der Waals surface area contributed by atoms with Crippen molar-refractivity contribution in [1.29, 1.82) is 0 Å². The summed E-state index contributed by atoms with van der Waals surface area (Å²) in [5.74, 6) is 1.65. The van der Waals surface area contributed by atoms with Gasteiger partial charge in [-0.15, -0.1) is 0 Å². The molecule has 1 aliphatic carbocycles. The number of anilines is 1. The maximum absolute atomic E-state index is 6.28. The van der Waals surface area contributed by atoms with Crippen molar-refractivity contribution < 1.29 is 4.74 Å². The third kappa shape index (κ3) is 3.99. The van der Waals surface area contributed by atoms with E-state index in [2.05, 4.69) is 39.9 Å². The fraction of sp³-hybridized carbons (Fsp3) is 0.348. The van der Waals surface area contributed by atoms with Crippen molar-refractivity contribution in [2.75, 3.05) is 5.32 Å². The Balaban J connectivity index is 1.36. The number of benzene rings is 1. The van der Waals surface area contributed by atoms with Gasteiger partial charge >= 0.3 is 0 Å². The van der Waals surface area contributed by atoms with Crippen LogP contribution in [0.1, 0.15) is 36.1 Å². The summed E-state index contributed by atoms with van der Waals surface area (Å²) >= 11 is 0. The highest BCUT2D eigenvalue weighted by atomic mass is 16.5. The van der Waals surface area contributed by atoms with Gasteiger partial charge < -0.3 is 15.4 Å². The second kappa shape index (κ2) is 8.27. The van der Waals surface area contributed by atoms with Gasteiger partial charge in [-0.05, 0) is 37.0 Å². The van der Waals surface area contributed by atoms with Gasteiger partial charge in [-0.3, -0.25) is 4.98 Å². The van der Waals surface area contributed by atoms with E-state index in [0.717, 1.165) is 55.3 Å². The maximum atomic E-state index is 6.28. The molecule has 2 N–H and O–H groups in total. The van der Waals surface area contributed by atoms with Crippen molar-refractivity contribution in [3.63, 3.8) is 0 Å². The zero-order valence-electron chi connectivity index (χ0n) is 16.3. The number of aromatic nitrogens is 3. The quantitative estimate of drug-likeness (QED) is 0.672. The number of hydrogen-bond donors (Lipinski definition) is 2. The fourth-order valence-corrected chi connectivity index (χ4v) is 4.16. The summed E-state index contributed by atoms with van der Waals surface area (Å²) in [6, 6.07) is 14.6. The van der Waals surface area contributed by atoms with E-state index in [1.807, 2.05) is 24.4 Å².